The number of benzene rings is 6. The van der Waals surface area contributed by atoms with E-state index in [2.05, 4.69) is 105 Å². The fourth-order valence-corrected chi connectivity index (χ4v) is 7.95. The Bertz CT molecular complexity index is 2480. The SMILES string of the molecule is C=Cc1c2c(C)c3c4ccc(N(c5ccc(OCC)cc5)c5ccc(OCC)cc5)c5cccc(c3c(C)c2c2cccc(=C)c12)c54.CC. The summed E-state index contributed by atoms with van der Waals surface area (Å²) < 4.78 is 11.6. The number of aryl methyl sites for hydroxylation is 2. The number of rotatable bonds is 8. The Kier molecular flexibility index (Phi) is 8.38. The summed E-state index contributed by atoms with van der Waals surface area (Å²) in [6.07, 6.45) is 2.02. The van der Waals surface area contributed by atoms with Gasteiger partial charge in [0, 0.05) is 16.8 Å². The van der Waals surface area contributed by atoms with E-state index < -0.39 is 0 Å². The third kappa shape index (κ3) is 4.87. The van der Waals surface area contributed by atoms with Crippen molar-refractivity contribution in [2.45, 2.75) is 41.5 Å². The summed E-state index contributed by atoms with van der Waals surface area (Å²) in [5.74, 6) is 1.72. The van der Waals surface area contributed by atoms with Crippen LogP contribution in [0.2, 0.25) is 0 Å². The number of nitrogens with zero attached hydrogens (tertiary/aromatic N) is 1. The highest BCUT2D eigenvalue weighted by Gasteiger charge is 2.25. The second kappa shape index (κ2) is 12.8. The first kappa shape index (κ1) is 32.0. The first-order valence-electron chi connectivity index (χ1n) is 17.4. The summed E-state index contributed by atoms with van der Waals surface area (Å²) >= 11 is 0. The second-order valence-electron chi connectivity index (χ2n) is 12.3. The third-order valence-electron chi connectivity index (χ3n) is 9.77. The molecule has 0 aromatic heterocycles. The third-order valence-corrected chi connectivity index (χ3v) is 9.77. The minimum absolute atomic E-state index is 0.633. The molecule has 0 spiro atoms. The Balaban J connectivity index is 0.00000186. The largest absolute Gasteiger partial charge is 0.494 e. The van der Waals surface area contributed by atoms with Crippen LogP contribution in [-0.4, -0.2) is 13.2 Å². The van der Waals surface area contributed by atoms with Crippen LogP contribution in [0.25, 0.3) is 66.5 Å². The molecular formula is C46H43NO2. The zero-order valence-corrected chi connectivity index (χ0v) is 29.4. The smallest absolute Gasteiger partial charge is 0.119 e. The quantitative estimate of drug-likeness (QED) is 0.165. The monoisotopic (exact) mass is 641 g/mol. The summed E-state index contributed by atoms with van der Waals surface area (Å²) in [5.41, 5.74) is 7.04. The molecule has 0 aliphatic heterocycles. The maximum absolute atomic E-state index is 5.79. The summed E-state index contributed by atoms with van der Waals surface area (Å²) in [4.78, 5) is 2.34. The van der Waals surface area contributed by atoms with E-state index in [1.807, 2.05) is 58.0 Å². The molecule has 0 bridgehead atoms. The van der Waals surface area contributed by atoms with Gasteiger partial charge in [0.2, 0.25) is 0 Å². The second-order valence-corrected chi connectivity index (χ2v) is 12.3. The molecule has 0 radical (unpaired) electrons. The highest BCUT2D eigenvalue weighted by atomic mass is 16.5. The number of fused-ring (bicyclic) bond motifs is 6. The molecular weight excluding hydrogens is 599 g/mol. The molecule has 3 heteroatoms. The molecule has 8 aromatic carbocycles. The van der Waals surface area contributed by atoms with Gasteiger partial charge in [0.25, 0.3) is 0 Å². The van der Waals surface area contributed by atoms with E-state index in [0.29, 0.717) is 13.2 Å². The fraction of sp³-hybridized carbons (Fsp3) is 0.174. The molecule has 0 fully saturated rings. The first-order chi connectivity index (χ1) is 24.0. The lowest BCUT2D eigenvalue weighted by molar-refractivity contribution is 0.340. The van der Waals surface area contributed by atoms with E-state index in [-0.39, 0.29) is 0 Å². The van der Waals surface area contributed by atoms with E-state index in [1.54, 1.807) is 0 Å². The van der Waals surface area contributed by atoms with Gasteiger partial charge in [0.1, 0.15) is 11.5 Å². The number of anilines is 3. The number of hydrogen-bond donors (Lipinski definition) is 0. The lowest BCUT2D eigenvalue weighted by Crippen LogP contribution is -2.10. The highest BCUT2D eigenvalue weighted by Crippen LogP contribution is 2.50. The molecule has 0 aliphatic rings. The molecule has 0 N–H and O–H groups in total. The van der Waals surface area contributed by atoms with Crippen LogP contribution < -0.4 is 19.6 Å². The van der Waals surface area contributed by atoms with Crippen LogP contribution in [0.1, 0.15) is 44.4 Å². The Morgan fingerprint density at radius 3 is 1.57 bits per heavy atom. The van der Waals surface area contributed by atoms with Crippen molar-refractivity contribution in [3.8, 4) is 11.5 Å². The van der Waals surface area contributed by atoms with E-state index in [0.717, 1.165) is 33.8 Å². The zero-order chi connectivity index (χ0) is 34.4. The Hall–Kier alpha value is -5.54. The molecule has 0 atom stereocenters. The minimum Gasteiger partial charge on any atom is -0.494 e. The molecule has 0 heterocycles. The van der Waals surface area contributed by atoms with Gasteiger partial charge in [0.15, 0.2) is 0 Å². The molecule has 8 aromatic rings. The van der Waals surface area contributed by atoms with Crippen LogP contribution in [0.3, 0.4) is 0 Å². The standard InChI is InChI=1S/C44H37NO2.C2H6/c1-7-33-39-26(4)12-10-14-35(39)41-28(6)42-36-15-11-13-34-38(25-24-37(44(34)36)43(42)27(5)40(33)41)45(29-16-20-31(21-17-29)46-8-2)30-18-22-32(23-19-30)47-9-3;1-2/h7,10-25H,1,4,8-9H2,2-3,5-6H3;1-2H3. The average molecular weight is 642 g/mol. The van der Waals surface area contributed by atoms with E-state index >= 15 is 0 Å². The van der Waals surface area contributed by atoms with Crippen molar-refractivity contribution in [3.63, 3.8) is 0 Å². The van der Waals surface area contributed by atoms with Crippen LogP contribution in [0, 0.1) is 13.8 Å². The van der Waals surface area contributed by atoms with Crippen molar-refractivity contribution >= 4 is 83.6 Å². The molecule has 244 valence electrons. The van der Waals surface area contributed by atoms with E-state index in [1.165, 1.54) is 70.6 Å². The average Bonchev–Trinajstić information content (AvgIpc) is 3.66. The number of ether oxygens (including phenoxy) is 2. The summed E-state index contributed by atoms with van der Waals surface area (Å²) in [6, 6.07) is 34.6. The summed E-state index contributed by atoms with van der Waals surface area (Å²) in [6.45, 7) is 22.5. The maximum atomic E-state index is 5.79. The Labute approximate surface area is 289 Å². The molecule has 49 heavy (non-hydrogen) atoms. The van der Waals surface area contributed by atoms with Gasteiger partial charge in [-0.2, -0.15) is 0 Å². The van der Waals surface area contributed by atoms with Crippen LogP contribution in [0.15, 0.2) is 104 Å². The topological polar surface area (TPSA) is 21.7 Å². The van der Waals surface area contributed by atoms with Crippen molar-refractivity contribution in [1.29, 1.82) is 0 Å². The van der Waals surface area contributed by atoms with Crippen LogP contribution in [-0.2, 0) is 0 Å². The number of hydrogen-bond acceptors (Lipinski definition) is 3. The highest BCUT2D eigenvalue weighted by molar-refractivity contribution is 6.37. The van der Waals surface area contributed by atoms with Crippen LogP contribution >= 0.6 is 0 Å². The van der Waals surface area contributed by atoms with Gasteiger partial charge in [-0.1, -0.05) is 75.5 Å². The van der Waals surface area contributed by atoms with Gasteiger partial charge in [-0.05, 0) is 153 Å². The molecule has 0 saturated carbocycles. The van der Waals surface area contributed by atoms with Crippen molar-refractivity contribution in [1.82, 2.24) is 0 Å². The van der Waals surface area contributed by atoms with Crippen LogP contribution in [0.5, 0.6) is 11.5 Å². The molecule has 0 aliphatic carbocycles. The van der Waals surface area contributed by atoms with Crippen molar-refractivity contribution in [2.24, 2.45) is 0 Å². The van der Waals surface area contributed by atoms with Gasteiger partial charge in [-0.15, -0.1) is 0 Å². The Morgan fingerprint density at radius 1 is 0.551 bits per heavy atom. The van der Waals surface area contributed by atoms with Gasteiger partial charge >= 0.3 is 0 Å². The molecule has 3 nitrogen and oxygen atoms in total. The fourth-order valence-electron chi connectivity index (χ4n) is 7.95. The molecule has 8 rings (SSSR count). The van der Waals surface area contributed by atoms with Crippen LogP contribution in [0.4, 0.5) is 17.1 Å². The predicted octanol–water partition coefficient (Wildman–Crippen LogP) is 12.6. The Morgan fingerprint density at radius 2 is 1.02 bits per heavy atom. The van der Waals surface area contributed by atoms with Crippen molar-refractivity contribution in [3.05, 3.63) is 126 Å². The maximum Gasteiger partial charge on any atom is 0.119 e. The van der Waals surface area contributed by atoms with Crippen molar-refractivity contribution in [2.75, 3.05) is 18.1 Å². The minimum atomic E-state index is 0.633. The lowest BCUT2D eigenvalue weighted by Gasteiger charge is -2.27. The van der Waals surface area contributed by atoms with Gasteiger partial charge in [0.05, 0.1) is 18.9 Å². The van der Waals surface area contributed by atoms with Gasteiger partial charge < -0.3 is 14.4 Å². The van der Waals surface area contributed by atoms with Gasteiger partial charge in [-0.3, -0.25) is 0 Å². The zero-order valence-electron chi connectivity index (χ0n) is 29.4. The molecule has 0 unspecified atom stereocenters. The van der Waals surface area contributed by atoms with E-state index in [9.17, 15) is 0 Å². The first-order valence-corrected chi connectivity index (χ1v) is 17.4. The van der Waals surface area contributed by atoms with E-state index in [4.69, 9.17) is 9.47 Å². The summed E-state index contributed by atoms with van der Waals surface area (Å²) in [5, 5.41) is 13.8. The normalized spacial score (nSPS) is 11.4. The molecule has 0 saturated heterocycles. The predicted molar refractivity (Wildman–Crippen MR) is 214 cm³/mol. The lowest BCUT2D eigenvalue weighted by atomic mass is 9.94. The van der Waals surface area contributed by atoms with Gasteiger partial charge in [-0.25, -0.2) is 0 Å². The molecule has 0 amide bonds. The summed E-state index contributed by atoms with van der Waals surface area (Å²) in [7, 11) is 0. The van der Waals surface area contributed by atoms with Crippen molar-refractivity contribution < 1.29 is 9.47 Å².